The lowest BCUT2D eigenvalue weighted by molar-refractivity contribution is 0.0959. The summed E-state index contributed by atoms with van der Waals surface area (Å²) in [6, 6.07) is 0. The summed E-state index contributed by atoms with van der Waals surface area (Å²) in [6.07, 6.45) is 3.30. The van der Waals surface area contributed by atoms with Gasteiger partial charge < -0.3 is 0 Å². The summed E-state index contributed by atoms with van der Waals surface area (Å²) in [5.41, 5.74) is 0.869. The second kappa shape index (κ2) is 2.17. The van der Waals surface area contributed by atoms with Crippen LogP contribution in [-0.2, 0) is 0 Å². The maximum Gasteiger partial charge on any atom is 0.209 e. The molecular weight excluding hydrogens is 178 g/mol. The van der Waals surface area contributed by atoms with E-state index in [9.17, 15) is 4.79 Å². The molecule has 0 fully saturated rings. The lowest BCUT2D eigenvalue weighted by Crippen LogP contribution is -2.29. The molecule has 62 valence electrons. The van der Waals surface area contributed by atoms with E-state index in [1.54, 1.807) is 19.1 Å². The normalized spacial score (nSPS) is 27.3. The van der Waals surface area contributed by atoms with E-state index in [1.165, 1.54) is 0 Å². The van der Waals surface area contributed by atoms with Crippen molar-refractivity contribution in [3.63, 3.8) is 0 Å². The van der Waals surface area contributed by atoms with E-state index in [1.807, 2.05) is 0 Å². The number of Topliss-reactive ketones (excluding diaryl/α,β-unsaturated/α-hetero) is 1. The first kappa shape index (κ1) is 7.49. The Morgan fingerprint density at radius 3 is 3.08 bits per heavy atom. The lowest BCUT2D eigenvalue weighted by Gasteiger charge is -2.17. The number of alkyl halides is 1. The van der Waals surface area contributed by atoms with Gasteiger partial charge >= 0.3 is 0 Å². The number of aromatic amines is 1. The van der Waals surface area contributed by atoms with E-state index >= 15 is 0 Å². The Balaban J connectivity index is 2.60. The molecule has 0 saturated heterocycles. The number of ketones is 1. The number of halogens is 1. The molecule has 1 N–H and O–H groups in total. The van der Waals surface area contributed by atoms with Gasteiger partial charge in [-0.3, -0.25) is 4.79 Å². The number of fused-ring (bicyclic) bond motifs is 1. The molecule has 0 bridgehead atoms. The van der Waals surface area contributed by atoms with Crippen molar-refractivity contribution >= 4 is 23.5 Å². The second-order valence-electron chi connectivity index (χ2n) is 2.80. The topological polar surface area (TPSA) is 58.6 Å². The molecule has 1 aliphatic rings. The number of H-pyrrole nitrogens is 1. The highest BCUT2D eigenvalue weighted by atomic mass is 35.5. The molecule has 1 atom stereocenters. The van der Waals surface area contributed by atoms with Crippen molar-refractivity contribution in [3.8, 4) is 0 Å². The average molecular weight is 184 g/mol. The molecule has 1 aliphatic carbocycles. The van der Waals surface area contributed by atoms with Crippen LogP contribution in [0.2, 0.25) is 0 Å². The summed E-state index contributed by atoms with van der Waals surface area (Å²) in [4.78, 5) is 10.5. The first-order valence-corrected chi connectivity index (χ1v) is 3.83. The van der Waals surface area contributed by atoms with E-state index in [0.717, 1.165) is 0 Å². The highest BCUT2D eigenvalue weighted by molar-refractivity contribution is 6.40. The molecule has 1 aromatic rings. The molecule has 12 heavy (non-hydrogen) atoms. The van der Waals surface area contributed by atoms with Crippen molar-refractivity contribution in [1.29, 1.82) is 0 Å². The first-order chi connectivity index (χ1) is 5.61. The summed E-state index contributed by atoms with van der Waals surface area (Å²) in [7, 11) is 0. The molecule has 1 unspecified atom stereocenters. The number of hydrogen-bond acceptors (Lipinski definition) is 3. The van der Waals surface area contributed by atoms with Gasteiger partial charge in [0.2, 0.25) is 5.78 Å². The lowest BCUT2D eigenvalue weighted by atomic mass is 9.96. The van der Waals surface area contributed by atoms with Crippen LogP contribution < -0.4 is 0 Å². The predicted molar refractivity (Wildman–Crippen MR) is 44.0 cm³/mol. The second-order valence-corrected chi connectivity index (χ2v) is 3.58. The van der Waals surface area contributed by atoms with Gasteiger partial charge in [0, 0.05) is 0 Å². The van der Waals surface area contributed by atoms with Crippen molar-refractivity contribution in [2.24, 2.45) is 0 Å². The van der Waals surface area contributed by atoms with Crippen LogP contribution in [0.15, 0.2) is 6.08 Å². The predicted octanol–water partition coefficient (Wildman–Crippen LogP) is 1.01. The van der Waals surface area contributed by atoms with Crippen LogP contribution >= 0.6 is 11.6 Å². The van der Waals surface area contributed by atoms with Gasteiger partial charge in [-0.25, -0.2) is 0 Å². The number of aromatic nitrogens is 3. The Hall–Kier alpha value is -1.16. The van der Waals surface area contributed by atoms with E-state index in [4.69, 9.17) is 11.6 Å². The molecule has 0 saturated carbocycles. The SMILES string of the molecule is CC1(Cl)C=Cc2n[nH]nc2C1=O. The highest BCUT2D eigenvalue weighted by Crippen LogP contribution is 2.27. The number of hydrogen-bond donors (Lipinski definition) is 1. The summed E-state index contributed by atoms with van der Waals surface area (Å²) in [5.74, 6) is -0.213. The van der Waals surface area contributed by atoms with Gasteiger partial charge in [-0.15, -0.1) is 11.6 Å². The molecule has 5 heteroatoms. The van der Waals surface area contributed by atoms with Gasteiger partial charge in [-0.05, 0) is 13.0 Å². The monoisotopic (exact) mass is 183 g/mol. The van der Waals surface area contributed by atoms with Gasteiger partial charge in [0.25, 0.3) is 0 Å². The third kappa shape index (κ3) is 0.881. The molecular formula is C7H6ClN3O. The Morgan fingerprint density at radius 2 is 2.33 bits per heavy atom. The minimum absolute atomic E-state index is 0.213. The maximum atomic E-state index is 11.5. The molecule has 1 aromatic heterocycles. The van der Waals surface area contributed by atoms with E-state index < -0.39 is 4.87 Å². The Bertz CT molecular complexity index is 366. The quantitative estimate of drug-likeness (QED) is 0.611. The Kier molecular flexibility index (Phi) is 1.35. The summed E-state index contributed by atoms with van der Waals surface area (Å²) < 4.78 is 0. The summed E-state index contributed by atoms with van der Waals surface area (Å²) in [5, 5.41) is 9.86. The van der Waals surface area contributed by atoms with E-state index in [-0.39, 0.29) is 5.78 Å². The number of allylic oxidation sites excluding steroid dienone is 1. The van der Waals surface area contributed by atoms with Crippen molar-refractivity contribution in [2.45, 2.75) is 11.8 Å². The van der Waals surface area contributed by atoms with Gasteiger partial charge in [-0.1, -0.05) is 6.08 Å². The zero-order chi connectivity index (χ0) is 8.77. The van der Waals surface area contributed by atoms with Crippen LogP contribution in [0.3, 0.4) is 0 Å². The molecule has 0 amide bonds. The Labute approximate surface area is 73.6 Å². The van der Waals surface area contributed by atoms with Gasteiger partial charge in [0.1, 0.15) is 10.6 Å². The molecule has 4 nitrogen and oxygen atoms in total. The zero-order valence-corrected chi connectivity index (χ0v) is 7.09. The van der Waals surface area contributed by atoms with Crippen LogP contribution in [0, 0.1) is 0 Å². The highest BCUT2D eigenvalue weighted by Gasteiger charge is 2.35. The zero-order valence-electron chi connectivity index (χ0n) is 6.34. The molecule has 0 aliphatic heterocycles. The molecule has 2 rings (SSSR count). The van der Waals surface area contributed by atoms with Crippen molar-refractivity contribution in [3.05, 3.63) is 17.5 Å². The minimum Gasteiger partial charge on any atom is -0.290 e. The van der Waals surface area contributed by atoms with Crippen molar-refractivity contribution < 1.29 is 4.79 Å². The summed E-state index contributed by atoms with van der Waals surface area (Å²) in [6.45, 7) is 1.63. The Morgan fingerprint density at radius 1 is 1.58 bits per heavy atom. The number of rotatable bonds is 0. The van der Waals surface area contributed by atoms with E-state index in [2.05, 4.69) is 15.4 Å². The largest absolute Gasteiger partial charge is 0.290 e. The molecule has 0 aromatic carbocycles. The first-order valence-electron chi connectivity index (χ1n) is 3.45. The van der Waals surface area contributed by atoms with Crippen LogP contribution in [-0.4, -0.2) is 26.1 Å². The van der Waals surface area contributed by atoms with Gasteiger partial charge in [0.15, 0.2) is 5.69 Å². The van der Waals surface area contributed by atoms with Crippen LogP contribution in [0.25, 0.3) is 6.08 Å². The summed E-state index contributed by atoms with van der Waals surface area (Å²) >= 11 is 5.89. The third-order valence-electron chi connectivity index (χ3n) is 1.79. The number of nitrogens with zero attached hydrogens (tertiary/aromatic N) is 2. The van der Waals surface area contributed by atoms with Crippen LogP contribution in [0.4, 0.5) is 0 Å². The van der Waals surface area contributed by atoms with Crippen LogP contribution in [0.1, 0.15) is 23.1 Å². The minimum atomic E-state index is -0.968. The fourth-order valence-electron chi connectivity index (χ4n) is 1.07. The van der Waals surface area contributed by atoms with Crippen molar-refractivity contribution in [1.82, 2.24) is 15.4 Å². The molecule has 1 heterocycles. The number of nitrogens with one attached hydrogen (secondary N) is 1. The maximum absolute atomic E-state index is 11.5. The number of carbonyl (C=O) groups is 1. The van der Waals surface area contributed by atoms with Crippen molar-refractivity contribution in [2.75, 3.05) is 0 Å². The fourth-order valence-corrected chi connectivity index (χ4v) is 1.22. The smallest absolute Gasteiger partial charge is 0.209 e. The van der Waals surface area contributed by atoms with Crippen LogP contribution in [0.5, 0.6) is 0 Å². The third-order valence-corrected chi connectivity index (χ3v) is 2.09. The average Bonchev–Trinajstić information content (AvgIpc) is 2.45. The van der Waals surface area contributed by atoms with Gasteiger partial charge in [-0.2, -0.15) is 15.4 Å². The standard InChI is InChI=1S/C7H6ClN3O/c1-7(8)3-2-4-5(6(7)12)10-11-9-4/h2-3H,1H3,(H,9,10,11). The molecule has 0 spiro atoms. The fraction of sp³-hybridized carbons (Fsp3) is 0.286. The van der Waals surface area contributed by atoms with E-state index in [0.29, 0.717) is 11.4 Å². The number of carbonyl (C=O) groups excluding carboxylic acids is 1. The molecule has 0 radical (unpaired) electrons. The van der Waals surface area contributed by atoms with Gasteiger partial charge in [0.05, 0.1) is 0 Å².